The van der Waals surface area contributed by atoms with Crippen molar-refractivity contribution in [3.05, 3.63) is 40.4 Å². The van der Waals surface area contributed by atoms with Crippen LogP contribution in [0, 0.1) is 11.3 Å². The molecule has 90 valence electrons. The molecular formula is C12H7ClN2O3. The predicted octanol–water partition coefficient (Wildman–Crippen LogP) is 1.84. The number of pyridine rings is 1. The highest BCUT2D eigenvalue weighted by molar-refractivity contribution is 6.49. The molecule has 0 amide bonds. The first-order valence-electron chi connectivity index (χ1n) is 5.10. The summed E-state index contributed by atoms with van der Waals surface area (Å²) in [6.45, 7) is 0.00321. The second-order valence-electron chi connectivity index (χ2n) is 3.46. The van der Waals surface area contributed by atoms with Crippen LogP contribution in [-0.2, 0) is 4.74 Å². The van der Waals surface area contributed by atoms with E-state index in [9.17, 15) is 9.59 Å². The Kier molecular flexibility index (Phi) is 3.40. The minimum atomic E-state index is -0.534. The Morgan fingerprint density at radius 3 is 2.89 bits per heavy atom. The van der Waals surface area contributed by atoms with Crippen LogP contribution in [0.1, 0.15) is 27.3 Å². The lowest BCUT2D eigenvalue weighted by atomic mass is 9.98. The van der Waals surface area contributed by atoms with Gasteiger partial charge >= 0.3 is 0 Å². The van der Waals surface area contributed by atoms with E-state index in [-0.39, 0.29) is 35.1 Å². The normalized spacial score (nSPS) is 14.2. The zero-order valence-corrected chi connectivity index (χ0v) is 9.90. The van der Waals surface area contributed by atoms with Crippen LogP contribution in [0.2, 0.25) is 0 Å². The number of Topliss-reactive ketones (excluding diaryl/α,β-unsaturated/α-hetero) is 2. The van der Waals surface area contributed by atoms with E-state index in [0.29, 0.717) is 0 Å². The summed E-state index contributed by atoms with van der Waals surface area (Å²) in [4.78, 5) is 27.7. The number of fused-ring (bicyclic) bond motifs is 1. The maximum atomic E-state index is 12.0. The molecule has 0 radical (unpaired) electrons. The largest absolute Gasteiger partial charge is 0.487 e. The van der Waals surface area contributed by atoms with Crippen LogP contribution >= 0.6 is 11.6 Å². The van der Waals surface area contributed by atoms with E-state index < -0.39 is 11.6 Å². The third-order valence-corrected chi connectivity index (χ3v) is 2.68. The van der Waals surface area contributed by atoms with Crippen molar-refractivity contribution in [1.82, 2.24) is 4.98 Å². The van der Waals surface area contributed by atoms with Gasteiger partial charge in [-0.3, -0.25) is 14.6 Å². The summed E-state index contributed by atoms with van der Waals surface area (Å²) in [7, 11) is 0. The maximum Gasteiger partial charge on any atom is 0.248 e. The number of hydrogen-bond acceptors (Lipinski definition) is 5. The van der Waals surface area contributed by atoms with Gasteiger partial charge in [-0.15, -0.1) is 0 Å². The Labute approximate surface area is 108 Å². The van der Waals surface area contributed by atoms with E-state index in [4.69, 9.17) is 21.6 Å². The fraction of sp³-hybridized carbons (Fsp3) is 0.167. The van der Waals surface area contributed by atoms with E-state index in [0.717, 1.165) is 0 Å². The molecule has 1 heterocycles. The van der Waals surface area contributed by atoms with Gasteiger partial charge in [0.25, 0.3) is 0 Å². The van der Waals surface area contributed by atoms with Crippen molar-refractivity contribution in [2.75, 3.05) is 6.61 Å². The Balaban J connectivity index is 2.38. The van der Waals surface area contributed by atoms with Crippen LogP contribution in [0.4, 0.5) is 0 Å². The molecule has 0 N–H and O–H groups in total. The van der Waals surface area contributed by atoms with Gasteiger partial charge in [-0.1, -0.05) is 11.6 Å². The third kappa shape index (κ3) is 1.98. The Morgan fingerprint density at radius 2 is 2.17 bits per heavy atom. The minimum Gasteiger partial charge on any atom is -0.487 e. The molecule has 1 aliphatic rings. The number of carbonyl (C=O) groups excluding carboxylic acids is 2. The van der Waals surface area contributed by atoms with Crippen molar-refractivity contribution in [3.8, 4) is 6.07 Å². The van der Waals surface area contributed by atoms with Crippen molar-refractivity contribution in [3.63, 3.8) is 0 Å². The van der Waals surface area contributed by atoms with Gasteiger partial charge in [-0.05, 0) is 12.1 Å². The number of hydrogen-bond donors (Lipinski definition) is 0. The predicted molar refractivity (Wildman–Crippen MR) is 62.0 cm³/mol. The molecule has 6 heteroatoms. The molecule has 0 fully saturated rings. The molecule has 5 nitrogen and oxygen atoms in total. The maximum absolute atomic E-state index is 12.0. The lowest BCUT2D eigenvalue weighted by Gasteiger charge is -2.16. The molecule has 2 rings (SSSR count). The van der Waals surface area contributed by atoms with Crippen molar-refractivity contribution in [2.45, 2.75) is 6.42 Å². The van der Waals surface area contributed by atoms with Crippen molar-refractivity contribution in [2.24, 2.45) is 0 Å². The number of nitrogens with zero attached hydrogens (tertiary/aromatic N) is 2. The highest BCUT2D eigenvalue weighted by Crippen LogP contribution is 2.27. The first kappa shape index (κ1) is 12.3. The lowest BCUT2D eigenvalue weighted by Crippen LogP contribution is -2.23. The molecule has 0 bridgehead atoms. The van der Waals surface area contributed by atoms with Crippen molar-refractivity contribution >= 4 is 23.2 Å². The number of carbonyl (C=O) groups is 2. The van der Waals surface area contributed by atoms with Crippen LogP contribution in [0.25, 0.3) is 0 Å². The number of nitriles is 1. The average Bonchev–Trinajstić information content (AvgIpc) is 2.40. The van der Waals surface area contributed by atoms with E-state index in [1.807, 2.05) is 6.07 Å². The Morgan fingerprint density at radius 1 is 1.39 bits per heavy atom. The fourth-order valence-electron chi connectivity index (χ4n) is 1.53. The highest BCUT2D eigenvalue weighted by Gasteiger charge is 2.33. The molecular weight excluding hydrogens is 256 g/mol. The van der Waals surface area contributed by atoms with Gasteiger partial charge in [-0.2, -0.15) is 5.26 Å². The van der Waals surface area contributed by atoms with E-state index in [1.54, 1.807) is 6.07 Å². The molecule has 1 aliphatic carbocycles. The quantitative estimate of drug-likeness (QED) is 0.777. The molecule has 0 spiro atoms. The van der Waals surface area contributed by atoms with Gasteiger partial charge in [0.15, 0.2) is 5.76 Å². The monoisotopic (exact) mass is 262 g/mol. The molecule has 0 unspecified atom stereocenters. The number of aromatic nitrogens is 1. The Hall–Kier alpha value is -2.19. The number of rotatable bonds is 3. The summed E-state index contributed by atoms with van der Waals surface area (Å²) in [6, 6.07) is 4.90. The first-order chi connectivity index (χ1) is 8.66. The SMILES string of the molecule is N#CCCOC1=C(Cl)C(=O)c2cccnc2C1=O. The summed E-state index contributed by atoms with van der Waals surface area (Å²) in [5.74, 6) is -1.26. The topological polar surface area (TPSA) is 80.0 Å². The second kappa shape index (κ2) is 4.98. The van der Waals surface area contributed by atoms with Crippen LogP contribution in [-0.4, -0.2) is 23.2 Å². The zero-order valence-electron chi connectivity index (χ0n) is 9.14. The summed E-state index contributed by atoms with van der Waals surface area (Å²) in [5, 5.41) is 8.13. The van der Waals surface area contributed by atoms with Gasteiger partial charge in [0, 0.05) is 6.20 Å². The first-order valence-corrected chi connectivity index (χ1v) is 5.48. The van der Waals surface area contributed by atoms with E-state index in [1.165, 1.54) is 12.3 Å². The number of allylic oxidation sites excluding steroid dienone is 2. The molecule has 0 atom stereocenters. The van der Waals surface area contributed by atoms with Gasteiger partial charge in [-0.25, -0.2) is 0 Å². The van der Waals surface area contributed by atoms with Gasteiger partial charge in [0.1, 0.15) is 17.3 Å². The van der Waals surface area contributed by atoms with Crippen LogP contribution in [0.15, 0.2) is 29.1 Å². The smallest absolute Gasteiger partial charge is 0.248 e. The number of ketones is 2. The van der Waals surface area contributed by atoms with Crippen molar-refractivity contribution in [1.29, 1.82) is 5.26 Å². The van der Waals surface area contributed by atoms with Crippen LogP contribution in [0.5, 0.6) is 0 Å². The molecule has 0 aromatic carbocycles. The molecule has 0 aliphatic heterocycles. The van der Waals surface area contributed by atoms with Gasteiger partial charge in [0.2, 0.25) is 11.6 Å². The number of ether oxygens (including phenoxy) is 1. The number of halogens is 1. The molecule has 1 aromatic heterocycles. The van der Waals surface area contributed by atoms with Gasteiger partial charge < -0.3 is 4.74 Å². The zero-order chi connectivity index (χ0) is 13.1. The summed E-state index contributed by atoms with van der Waals surface area (Å²) in [6.07, 6.45) is 1.51. The standard InChI is InChI=1S/C12H7ClN2O3/c13-8-10(16)7-3-1-5-15-9(7)11(17)12(8)18-6-2-4-14/h1,3,5H,2,6H2. The minimum absolute atomic E-state index is 0.00321. The fourth-order valence-corrected chi connectivity index (χ4v) is 1.77. The Bertz CT molecular complexity index is 602. The van der Waals surface area contributed by atoms with Gasteiger partial charge in [0.05, 0.1) is 18.1 Å². The lowest BCUT2D eigenvalue weighted by molar-refractivity contribution is 0.0877. The van der Waals surface area contributed by atoms with Crippen molar-refractivity contribution < 1.29 is 14.3 Å². The summed E-state index contributed by atoms with van der Waals surface area (Å²) in [5.41, 5.74) is 0.194. The summed E-state index contributed by atoms with van der Waals surface area (Å²) < 4.78 is 5.09. The van der Waals surface area contributed by atoms with Crippen LogP contribution in [0.3, 0.4) is 0 Å². The summed E-state index contributed by atoms with van der Waals surface area (Å²) >= 11 is 5.81. The highest BCUT2D eigenvalue weighted by atomic mass is 35.5. The molecule has 1 aromatic rings. The van der Waals surface area contributed by atoms with E-state index in [2.05, 4.69) is 4.98 Å². The van der Waals surface area contributed by atoms with E-state index >= 15 is 0 Å². The van der Waals surface area contributed by atoms with Crippen LogP contribution < -0.4 is 0 Å². The third-order valence-electron chi connectivity index (χ3n) is 2.33. The molecule has 0 saturated carbocycles. The molecule has 0 saturated heterocycles. The second-order valence-corrected chi connectivity index (χ2v) is 3.84. The molecule has 18 heavy (non-hydrogen) atoms. The average molecular weight is 263 g/mol.